The van der Waals surface area contributed by atoms with Crippen LogP contribution in [0.2, 0.25) is 5.02 Å². The van der Waals surface area contributed by atoms with Crippen LogP contribution in [0.5, 0.6) is 0 Å². The average molecular weight is 277 g/mol. The predicted octanol–water partition coefficient (Wildman–Crippen LogP) is 4.68. The van der Waals surface area contributed by atoms with Gasteiger partial charge in [0.05, 0.1) is 5.25 Å². The Bertz CT molecular complexity index is 519. The number of carbonyl (C=O) groups excluding carboxylic acids is 1. The first-order valence-corrected chi connectivity index (χ1v) is 6.89. The van der Waals surface area contributed by atoms with Crippen LogP contribution < -0.4 is 0 Å². The number of benzene rings is 2. The standard InChI is InChI=1S/C15H13ClOS/c1-11-2-4-12(5-3-11)15(10-17)18-14-8-6-13(16)7-9-14/h2-10,15H,1H3. The third-order valence-electron chi connectivity index (χ3n) is 2.61. The summed E-state index contributed by atoms with van der Waals surface area (Å²) in [6.45, 7) is 2.03. The van der Waals surface area contributed by atoms with E-state index in [9.17, 15) is 4.79 Å². The highest BCUT2D eigenvalue weighted by molar-refractivity contribution is 8.00. The summed E-state index contributed by atoms with van der Waals surface area (Å²) < 4.78 is 0. The van der Waals surface area contributed by atoms with Crippen molar-refractivity contribution in [1.82, 2.24) is 0 Å². The van der Waals surface area contributed by atoms with E-state index in [1.54, 1.807) is 0 Å². The summed E-state index contributed by atoms with van der Waals surface area (Å²) in [6.07, 6.45) is 0.976. The molecule has 2 aromatic carbocycles. The molecule has 2 aromatic rings. The van der Waals surface area contributed by atoms with Gasteiger partial charge < -0.3 is 4.79 Å². The summed E-state index contributed by atoms with van der Waals surface area (Å²) in [5.41, 5.74) is 2.22. The van der Waals surface area contributed by atoms with Crippen molar-refractivity contribution < 1.29 is 4.79 Å². The lowest BCUT2D eigenvalue weighted by Crippen LogP contribution is -1.95. The Balaban J connectivity index is 2.16. The van der Waals surface area contributed by atoms with Crippen molar-refractivity contribution in [3.63, 3.8) is 0 Å². The molecule has 0 radical (unpaired) electrons. The molecule has 0 spiro atoms. The number of carbonyl (C=O) groups is 1. The number of hydrogen-bond donors (Lipinski definition) is 0. The summed E-state index contributed by atoms with van der Waals surface area (Å²) in [6, 6.07) is 15.6. The van der Waals surface area contributed by atoms with Gasteiger partial charge in [-0.2, -0.15) is 0 Å². The van der Waals surface area contributed by atoms with E-state index < -0.39 is 0 Å². The quantitative estimate of drug-likeness (QED) is 0.596. The monoisotopic (exact) mass is 276 g/mol. The molecular weight excluding hydrogens is 264 g/mol. The molecule has 0 aliphatic carbocycles. The molecule has 1 unspecified atom stereocenters. The van der Waals surface area contributed by atoms with Gasteiger partial charge in [-0.25, -0.2) is 0 Å². The first kappa shape index (κ1) is 13.2. The van der Waals surface area contributed by atoms with E-state index in [-0.39, 0.29) is 5.25 Å². The minimum atomic E-state index is -0.174. The highest BCUT2D eigenvalue weighted by Gasteiger charge is 2.11. The summed E-state index contributed by atoms with van der Waals surface area (Å²) >= 11 is 7.37. The molecule has 0 saturated heterocycles. The van der Waals surface area contributed by atoms with Crippen LogP contribution in [0.15, 0.2) is 53.4 Å². The van der Waals surface area contributed by atoms with E-state index in [4.69, 9.17) is 11.6 Å². The zero-order chi connectivity index (χ0) is 13.0. The van der Waals surface area contributed by atoms with E-state index in [0.29, 0.717) is 5.02 Å². The van der Waals surface area contributed by atoms with Gasteiger partial charge in [0, 0.05) is 9.92 Å². The molecule has 18 heavy (non-hydrogen) atoms. The number of thioether (sulfide) groups is 1. The topological polar surface area (TPSA) is 17.1 Å². The molecule has 1 atom stereocenters. The Morgan fingerprint density at radius 1 is 1.06 bits per heavy atom. The average Bonchev–Trinajstić information content (AvgIpc) is 2.39. The fourth-order valence-corrected chi connectivity index (χ4v) is 2.65. The maximum atomic E-state index is 11.2. The Hall–Kier alpha value is -1.25. The highest BCUT2D eigenvalue weighted by atomic mass is 35.5. The molecule has 0 fully saturated rings. The second kappa shape index (κ2) is 6.07. The third-order valence-corrected chi connectivity index (χ3v) is 4.04. The van der Waals surface area contributed by atoms with E-state index >= 15 is 0 Å². The van der Waals surface area contributed by atoms with Gasteiger partial charge in [-0.3, -0.25) is 0 Å². The zero-order valence-corrected chi connectivity index (χ0v) is 11.5. The van der Waals surface area contributed by atoms with Gasteiger partial charge in [-0.15, -0.1) is 11.8 Å². The van der Waals surface area contributed by atoms with Gasteiger partial charge in [0.1, 0.15) is 6.29 Å². The van der Waals surface area contributed by atoms with E-state index in [2.05, 4.69) is 0 Å². The lowest BCUT2D eigenvalue weighted by Gasteiger charge is -2.10. The van der Waals surface area contributed by atoms with Crippen molar-refractivity contribution in [3.05, 3.63) is 64.7 Å². The molecular formula is C15H13ClOS. The van der Waals surface area contributed by atoms with Crippen molar-refractivity contribution in [2.45, 2.75) is 17.1 Å². The molecule has 2 rings (SSSR count). The van der Waals surface area contributed by atoms with Crippen LogP contribution >= 0.6 is 23.4 Å². The molecule has 0 saturated carbocycles. The van der Waals surface area contributed by atoms with Crippen LogP contribution in [0.4, 0.5) is 0 Å². The number of aldehydes is 1. The summed E-state index contributed by atoms with van der Waals surface area (Å²) in [5.74, 6) is 0. The number of halogens is 1. The first-order chi connectivity index (χ1) is 8.69. The molecule has 92 valence electrons. The summed E-state index contributed by atoms with van der Waals surface area (Å²) in [7, 11) is 0. The molecule has 0 N–H and O–H groups in total. The molecule has 0 aliphatic rings. The van der Waals surface area contributed by atoms with Gasteiger partial charge in [0.25, 0.3) is 0 Å². The zero-order valence-electron chi connectivity index (χ0n) is 9.97. The van der Waals surface area contributed by atoms with Crippen molar-refractivity contribution in [3.8, 4) is 0 Å². The van der Waals surface area contributed by atoms with Gasteiger partial charge in [-0.05, 0) is 36.8 Å². The largest absolute Gasteiger partial charge is 0.302 e. The van der Waals surface area contributed by atoms with E-state index in [1.807, 2.05) is 55.5 Å². The second-order valence-corrected chi connectivity index (χ2v) is 5.69. The van der Waals surface area contributed by atoms with Crippen LogP contribution in [0.25, 0.3) is 0 Å². The molecule has 0 aromatic heterocycles. The molecule has 3 heteroatoms. The molecule has 0 heterocycles. The first-order valence-electron chi connectivity index (χ1n) is 5.63. The van der Waals surface area contributed by atoms with Crippen molar-refractivity contribution in [2.75, 3.05) is 0 Å². The Morgan fingerprint density at radius 2 is 1.67 bits per heavy atom. The Labute approximate surface area is 116 Å². The van der Waals surface area contributed by atoms with Gasteiger partial charge in [0.15, 0.2) is 0 Å². The molecule has 0 aliphatic heterocycles. The van der Waals surface area contributed by atoms with E-state index in [1.165, 1.54) is 17.3 Å². The van der Waals surface area contributed by atoms with Gasteiger partial charge in [-0.1, -0.05) is 41.4 Å². The number of rotatable bonds is 4. The van der Waals surface area contributed by atoms with Gasteiger partial charge >= 0.3 is 0 Å². The smallest absolute Gasteiger partial charge is 0.137 e. The molecule has 0 bridgehead atoms. The van der Waals surface area contributed by atoms with Crippen LogP contribution in [0.1, 0.15) is 16.4 Å². The van der Waals surface area contributed by atoms with E-state index in [0.717, 1.165) is 16.7 Å². The van der Waals surface area contributed by atoms with Crippen molar-refractivity contribution >= 4 is 29.6 Å². The van der Waals surface area contributed by atoms with Crippen molar-refractivity contribution in [1.29, 1.82) is 0 Å². The van der Waals surface area contributed by atoms with Crippen LogP contribution in [-0.4, -0.2) is 6.29 Å². The van der Waals surface area contributed by atoms with Crippen LogP contribution in [0, 0.1) is 6.92 Å². The second-order valence-electron chi connectivity index (χ2n) is 4.04. The third kappa shape index (κ3) is 3.37. The lowest BCUT2D eigenvalue weighted by atomic mass is 10.1. The Kier molecular flexibility index (Phi) is 4.45. The summed E-state index contributed by atoms with van der Waals surface area (Å²) in [5, 5.41) is 0.532. The molecule has 0 amide bonds. The minimum absolute atomic E-state index is 0.174. The number of hydrogen-bond acceptors (Lipinski definition) is 2. The van der Waals surface area contributed by atoms with Crippen LogP contribution in [-0.2, 0) is 4.79 Å². The minimum Gasteiger partial charge on any atom is -0.302 e. The maximum Gasteiger partial charge on any atom is 0.137 e. The lowest BCUT2D eigenvalue weighted by molar-refractivity contribution is -0.107. The van der Waals surface area contributed by atoms with Crippen LogP contribution in [0.3, 0.4) is 0 Å². The fourth-order valence-electron chi connectivity index (χ4n) is 1.59. The summed E-state index contributed by atoms with van der Waals surface area (Å²) in [4.78, 5) is 12.3. The SMILES string of the molecule is Cc1ccc(C(C=O)Sc2ccc(Cl)cc2)cc1. The normalized spacial score (nSPS) is 12.1. The highest BCUT2D eigenvalue weighted by Crippen LogP contribution is 2.34. The maximum absolute atomic E-state index is 11.2. The fraction of sp³-hybridized carbons (Fsp3) is 0.133. The van der Waals surface area contributed by atoms with Crippen molar-refractivity contribution in [2.24, 2.45) is 0 Å². The predicted molar refractivity (Wildman–Crippen MR) is 77.3 cm³/mol. The Morgan fingerprint density at radius 3 is 2.22 bits per heavy atom. The molecule has 1 nitrogen and oxygen atoms in total. The number of aryl methyl sites for hydroxylation is 1. The van der Waals surface area contributed by atoms with Gasteiger partial charge in [0.2, 0.25) is 0 Å².